The second-order valence-electron chi connectivity index (χ2n) is 6.36. The zero-order valence-electron chi connectivity index (χ0n) is 15.3. The quantitative estimate of drug-likeness (QED) is 0.803. The molecule has 0 unspecified atom stereocenters. The maximum Gasteiger partial charge on any atom is 0.232 e. The SMILES string of the molecule is Cc1cc(C)c(NC(=O)CCN(c2ccccc2Cl)S(C)(=O)=O)c(C)c1. The number of carbonyl (C=O) groups excluding carboxylic acids is 1. The van der Waals surface area contributed by atoms with Gasteiger partial charge in [0.2, 0.25) is 15.9 Å². The van der Waals surface area contributed by atoms with Crippen LogP contribution in [0.2, 0.25) is 5.02 Å². The lowest BCUT2D eigenvalue weighted by Crippen LogP contribution is -2.33. The highest BCUT2D eigenvalue weighted by Crippen LogP contribution is 2.27. The molecule has 0 fully saturated rings. The van der Waals surface area contributed by atoms with Crippen LogP contribution in [-0.4, -0.2) is 27.1 Å². The molecule has 0 aromatic heterocycles. The molecule has 0 spiro atoms. The van der Waals surface area contributed by atoms with Crippen molar-refractivity contribution in [2.75, 3.05) is 22.4 Å². The molecule has 1 amide bonds. The van der Waals surface area contributed by atoms with Crippen molar-refractivity contribution in [2.24, 2.45) is 0 Å². The molecule has 0 atom stereocenters. The van der Waals surface area contributed by atoms with Crippen LogP contribution in [-0.2, 0) is 14.8 Å². The third-order valence-electron chi connectivity index (χ3n) is 4.00. The molecule has 7 heteroatoms. The lowest BCUT2D eigenvalue weighted by atomic mass is 10.1. The van der Waals surface area contributed by atoms with Gasteiger partial charge >= 0.3 is 0 Å². The molecular formula is C19H23ClN2O3S. The Bertz CT molecular complexity index is 903. The summed E-state index contributed by atoms with van der Waals surface area (Å²) in [5.74, 6) is -0.249. The van der Waals surface area contributed by atoms with Crippen molar-refractivity contribution in [3.63, 3.8) is 0 Å². The number of sulfonamides is 1. The maximum atomic E-state index is 12.4. The number of rotatable bonds is 6. The van der Waals surface area contributed by atoms with E-state index in [-0.39, 0.29) is 18.9 Å². The maximum absolute atomic E-state index is 12.4. The van der Waals surface area contributed by atoms with E-state index in [1.807, 2.05) is 32.9 Å². The lowest BCUT2D eigenvalue weighted by Gasteiger charge is -2.23. The van der Waals surface area contributed by atoms with Crippen molar-refractivity contribution >= 4 is 38.9 Å². The molecule has 0 aliphatic heterocycles. The normalized spacial score (nSPS) is 11.3. The summed E-state index contributed by atoms with van der Waals surface area (Å²) in [7, 11) is -3.56. The predicted octanol–water partition coefficient (Wildman–Crippen LogP) is 4.06. The first-order valence-corrected chi connectivity index (χ1v) is 10.4. The molecule has 26 heavy (non-hydrogen) atoms. The number of hydrogen-bond donors (Lipinski definition) is 1. The summed E-state index contributed by atoms with van der Waals surface area (Å²) in [6, 6.07) is 10.7. The number of halogens is 1. The van der Waals surface area contributed by atoms with Crippen LogP contribution in [0.4, 0.5) is 11.4 Å². The second kappa shape index (κ2) is 8.10. The number of amides is 1. The molecule has 1 N–H and O–H groups in total. The van der Waals surface area contributed by atoms with Crippen LogP contribution < -0.4 is 9.62 Å². The number of benzene rings is 2. The Kier molecular flexibility index (Phi) is 6.31. The Labute approximate surface area is 160 Å². The van der Waals surface area contributed by atoms with Crippen LogP contribution in [0.5, 0.6) is 0 Å². The fourth-order valence-electron chi connectivity index (χ4n) is 2.90. The first kappa shape index (κ1) is 20.3. The summed E-state index contributed by atoms with van der Waals surface area (Å²) in [6.45, 7) is 5.88. The molecule has 0 bridgehead atoms. The summed E-state index contributed by atoms with van der Waals surface area (Å²) >= 11 is 6.12. The Morgan fingerprint density at radius 1 is 1.12 bits per heavy atom. The van der Waals surface area contributed by atoms with Gasteiger partial charge < -0.3 is 5.32 Å². The van der Waals surface area contributed by atoms with E-state index in [9.17, 15) is 13.2 Å². The predicted molar refractivity (Wildman–Crippen MR) is 108 cm³/mol. The fourth-order valence-corrected chi connectivity index (χ4v) is 4.13. The van der Waals surface area contributed by atoms with Crippen molar-refractivity contribution in [2.45, 2.75) is 27.2 Å². The number of aryl methyl sites for hydroxylation is 3. The fraction of sp³-hybridized carbons (Fsp3) is 0.316. The number of hydrogen-bond acceptors (Lipinski definition) is 3. The first-order chi connectivity index (χ1) is 12.1. The smallest absolute Gasteiger partial charge is 0.232 e. The Hall–Kier alpha value is -2.05. The molecule has 140 valence electrons. The summed E-state index contributed by atoms with van der Waals surface area (Å²) in [4.78, 5) is 12.4. The number of anilines is 2. The van der Waals surface area contributed by atoms with Gasteiger partial charge in [0.15, 0.2) is 0 Å². The molecule has 0 radical (unpaired) electrons. The molecule has 2 aromatic carbocycles. The van der Waals surface area contributed by atoms with E-state index in [1.165, 1.54) is 0 Å². The van der Waals surface area contributed by atoms with Gasteiger partial charge in [0.05, 0.1) is 17.0 Å². The van der Waals surface area contributed by atoms with Gasteiger partial charge in [0.25, 0.3) is 0 Å². The van der Waals surface area contributed by atoms with Gasteiger partial charge in [-0.15, -0.1) is 0 Å². The van der Waals surface area contributed by atoms with E-state index < -0.39 is 10.0 Å². The van der Waals surface area contributed by atoms with E-state index in [0.717, 1.165) is 32.9 Å². The van der Waals surface area contributed by atoms with Crippen molar-refractivity contribution in [3.8, 4) is 0 Å². The average molecular weight is 395 g/mol. The van der Waals surface area contributed by atoms with Crippen LogP contribution in [0.3, 0.4) is 0 Å². The van der Waals surface area contributed by atoms with Crippen LogP contribution in [0.1, 0.15) is 23.1 Å². The molecule has 2 rings (SSSR count). The van der Waals surface area contributed by atoms with Crippen molar-refractivity contribution in [1.29, 1.82) is 0 Å². The number of nitrogens with zero attached hydrogens (tertiary/aromatic N) is 1. The van der Waals surface area contributed by atoms with Gasteiger partial charge in [0, 0.05) is 18.7 Å². The Morgan fingerprint density at radius 3 is 2.23 bits per heavy atom. The first-order valence-electron chi connectivity index (χ1n) is 8.19. The van der Waals surface area contributed by atoms with Gasteiger partial charge in [-0.05, 0) is 44.0 Å². The van der Waals surface area contributed by atoms with E-state index in [2.05, 4.69) is 5.32 Å². The molecule has 2 aromatic rings. The second-order valence-corrected chi connectivity index (χ2v) is 8.67. The minimum atomic E-state index is -3.56. The zero-order chi connectivity index (χ0) is 19.5. The highest BCUT2D eigenvalue weighted by molar-refractivity contribution is 7.92. The number of nitrogens with one attached hydrogen (secondary N) is 1. The minimum Gasteiger partial charge on any atom is -0.326 e. The van der Waals surface area contributed by atoms with Gasteiger partial charge in [-0.3, -0.25) is 9.10 Å². The third-order valence-corrected chi connectivity index (χ3v) is 5.50. The van der Waals surface area contributed by atoms with Gasteiger partial charge in [-0.1, -0.05) is 41.4 Å². The van der Waals surface area contributed by atoms with Crippen molar-refractivity contribution in [3.05, 3.63) is 58.1 Å². The Morgan fingerprint density at radius 2 is 1.69 bits per heavy atom. The van der Waals surface area contributed by atoms with Crippen LogP contribution in [0.25, 0.3) is 0 Å². The third kappa shape index (κ3) is 4.99. The summed E-state index contributed by atoms with van der Waals surface area (Å²) < 4.78 is 25.4. The van der Waals surface area contributed by atoms with E-state index in [4.69, 9.17) is 11.6 Å². The van der Waals surface area contributed by atoms with Crippen LogP contribution in [0, 0.1) is 20.8 Å². The van der Waals surface area contributed by atoms with Gasteiger partial charge in [-0.25, -0.2) is 8.42 Å². The number of para-hydroxylation sites is 1. The zero-order valence-corrected chi connectivity index (χ0v) is 16.9. The highest BCUT2D eigenvalue weighted by atomic mass is 35.5. The monoisotopic (exact) mass is 394 g/mol. The van der Waals surface area contributed by atoms with Gasteiger partial charge in [0.1, 0.15) is 0 Å². The standard InChI is InChI=1S/C19H23ClN2O3S/c1-13-11-14(2)19(15(3)12-13)21-18(23)9-10-22(26(4,24)25)17-8-6-5-7-16(17)20/h5-8,11-12H,9-10H2,1-4H3,(H,21,23). The molecule has 0 aliphatic carbocycles. The van der Waals surface area contributed by atoms with Crippen molar-refractivity contribution in [1.82, 2.24) is 0 Å². The van der Waals surface area contributed by atoms with E-state index in [0.29, 0.717) is 10.7 Å². The molecule has 5 nitrogen and oxygen atoms in total. The van der Waals surface area contributed by atoms with Crippen LogP contribution in [0.15, 0.2) is 36.4 Å². The molecular weight excluding hydrogens is 372 g/mol. The summed E-state index contributed by atoms with van der Waals surface area (Å²) in [5.41, 5.74) is 4.21. The average Bonchev–Trinajstić information content (AvgIpc) is 2.51. The lowest BCUT2D eigenvalue weighted by molar-refractivity contribution is -0.116. The summed E-state index contributed by atoms with van der Waals surface area (Å²) in [6.07, 6.45) is 1.12. The number of carbonyl (C=O) groups is 1. The highest BCUT2D eigenvalue weighted by Gasteiger charge is 2.21. The van der Waals surface area contributed by atoms with Gasteiger partial charge in [-0.2, -0.15) is 0 Å². The van der Waals surface area contributed by atoms with Crippen molar-refractivity contribution < 1.29 is 13.2 Å². The minimum absolute atomic E-state index is 0.0123. The largest absolute Gasteiger partial charge is 0.326 e. The molecule has 0 saturated heterocycles. The Balaban J connectivity index is 2.15. The van der Waals surface area contributed by atoms with Crippen LogP contribution >= 0.6 is 11.6 Å². The van der Waals surface area contributed by atoms with E-state index in [1.54, 1.807) is 24.3 Å². The molecule has 0 heterocycles. The molecule has 0 aliphatic rings. The topological polar surface area (TPSA) is 66.5 Å². The summed E-state index contributed by atoms with van der Waals surface area (Å²) in [5, 5.41) is 3.21. The van der Waals surface area contributed by atoms with E-state index >= 15 is 0 Å². The molecule has 0 saturated carbocycles.